The summed E-state index contributed by atoms with van der Waals surface area (Å²) in [5, 5.41) is 10.6. The molecule has 13 heteroatoms. The molecule has 2 aromatic heterocycles. The Labute approximate surface area is 257 Å². The number of hydrogen-bond donors (Lipinski definition) is 5. The number of nitrogens with zero attached hydrogens (tertiary/aromatic N) is 2. The number of rotatable bonds is 11. The Kier molecular flexibility index (Phi) is 9.47. The van der Waals surface area contributed by atoms with Crippen LogP contribution in [0, 0.1) is 17.1 Å². The highest BCUT2D eigenvalue weighted by molar-refractivity contribution is 5.83. The summed E-state index contributed by atoms with van der Waals surface area (Å²) in [5.74, 6) is -1.17. The first-order valence-corrected chi connectivity index (χ1v) is 15.0. The van der Waals surface area contributed by atoms with E-state index in [0.29, 0.717) is 54.3 Å². The third kappa shape index (κ3) is 8.01. The zero-order chi connectivity index (χ0) is 32.3. The van der Waals surface area contributed by atoms with Gasteiger partial charge in [-0.1, -0.05) is 12.1 Å². The van der Waals surface area contributed by atoms with Gasteiger partial charge in [0.1, 0.15) is 5.65 Å². The van der Waals surface area contributed by atoms with Crippen LogP contribution >= 0.6 is 0 Å². The molecule has 9 nitrogen and oxygen atoms in total. The van der Waals surface area contributed by atoms with Gasteiger partial charge < -0.3 is 26.5 Å². The molecular weight excluding hydrogens is 590 g/mol. The maximum atomic E-state index is 15.4. The van der Waals surface area contributed by atoms with Crippen molar-refractivity contribution in [3.8, 4) is 22.7 Å². The summed E-state index contributed by atoms with van der Waals surface area (Å²) >= 11 is 0. The number of guanidine groups is 1. The van der Waals surface area contributed by atoms with Crippen LogP contribution < -0.4 is 27.2 Å². The van der Waals surface area contributed by atoms with Gasteiger partial charge in [0.05, 0.1) is 11.4 Å². The van der Waals surface area contributed by atoms with Gasteiger partial charge in [0.2, 0.25) is 0 Å². The number of ether oxygens (including phenoxy) is 1. The van der Waals surface area contributed by atoms with E-state index in [2.05, 4.69) is 20.0 Å². The summed E-state index contributed by atoms with van der Waals surface area (Å²) < 4.78 is 60.0. The second-order valence-electron chi connectivity index (χ2n) is 11.8. The lowest BCUT2D eigenvalue weighted by molar-refractivity contribution is -0.275. The zero-order valence-corrected chi connectivity index (χ0v) is 24.9. The number of hydrogen-bond acceptors (Lipinski definition) is 5. The third-order valence-corrected chi connectivity index (χ3v) is 8.30. The monoisotopic (exact) mass is 627 g/mol. The van der Waals surface area contributed by atoms with Crippen molar-refractivity contribution in [3.05, 3.63) is 76.1 Å². The summed E-state index contributed by atoms with van der Waals surface area (Å²) in [4.78, 5) is 20.0. The largest absolute Gasteiger partial charge is 0.573 e. The minimum absolute atomic E-state index is 0.0197. The standard InChI is InChI=1S/C32H37F4N7O2/c1-18(37)3-2-4-20-14-25(28(33)27(15-20)45-32(34,35)36)26-16-23-17-43(31(44)42-29(23)41-26)24-9-7-21(8-10-24)22-6-5-19(13-22)11-12-40-30(38)39/h7-10,14-19,22H,2-6,11-13,37H2,1H3,(H4,38,39,40)(H,41,42,44)/t18-,19?,22-/m0/s1. The molecule has 7 N–H and O–H groups in total. The molecule has 1 aliphatic rings. The van der Waals surface area contributed by atoms with Crippen LogP contribution in [0.1, 0.15) is 62.5 Å². The molecular formula is C32H37F4N7O2. The molecule has 5 rings (SSSR count). The Morgan fingerprint density at radius 3 is 2.67 bits per heavy atom. The lowest BCUT2D eigenvalue weighted by atomic mass is 9.95. The van der Waals surface area contributed by atoms with Gasteiger partial charge in [-0.3, -0.25) is 9.98 Å². The first-order valence-electron chi connectivity index (χ1n) is 15.0. The SMILES string of the molecule is C[C@H](N)CCCc1cc(OC(F)(F)F)c(F)c(-c2cc3cn(-c4ccc([C@H]5CCC(CCNC(=N)N)C5)cc4)c(=O)nc3[nH]2)c1. The van der Waals surface area contributed by atoms with Crippen LogP contribution in [0.4, 0.5) is 17.6 Å². The minimum atomic E-state index is -5.07. The van der Waals surface area contributed by atoms with Crippen molar-refractivity contribution in [3.63, 3.8) is 0 Å². The quantitative estimate of drug-likeness (QED) is 0.0801. The fraction of sp³-hybridized carbons (Fsp3) is 0.406. The molecule has 0 bridgehead atoms. The van der Waals surface area contributed by atoms with Gasteiger partial charge in [0, 0.05) is 29.7 Å². The molecule has 4 aromatic rings. The molecule has 2 heterocycles. The molecule has 2 aromatic carbocycles. The number of aryl methyl sites for hydroxylation is 1. The number of fused-ring (bicyclic) bond motifs is 1. The van der Waals surface area contributed by atoms with Crippen molar-refractivity contribution in [1.82, 2.24) is 19.9 Å². The van der Waals surface area contributed by atoms with Gasteiger partial charge in [-0.25, -0.2) is 9.18 Å². The highest BCUT2D eigenvalue weighted by Gasteiger charge is 2.33. The average molecular weight is 628 g/mol. The van der Waals surface area contributed by atoms with E-state index in [1.165, 1.54) is 16.2 Å². The fourth-order valence-electron chi connectivity index (χ4n) is 6.10. The van der Waals surface area contributed by atoms with Crippen LogP contribution in [0.5, 0.6) is 5.75 Å². The predicted molar refractivity (Wildman–Crippen MR) is 165 cm³/mol. The maximum Gasteiger partial charge on any atom is 0.573 e. The summed E-state index contributed by atoms with van der Waals surface area (Å²) in [6.45, 7) is 2.51. The minimum Gasteiger partial charge on any atom is -0.403 e. The van der Waals surface area contributed by atoms with E-state index in [1.807, 2.05) is 31.2 Å². The van der Waals surface area contributed by atoms with Gasteiger partial charge in [-0.15, -0.1) is 13.2 Å². The lowest BCUT2D eigenvalue weighted by Gasteiger charge is -2.14. The lowest BCUT2D eigenvalue weighted by Crippen LogP contribution is -2.31. The Bertz CT molecular complexity index is 1710. The third-order valence-electron chi connectivity index (χ3n) is 8.30. The fourth-order valence-corrected chi connectivity index (χ4v) is 6.10. The van der Waals surface area contributed by atoms with E-state index in [1.54, 1.807) is 12.3 Å². The summed E-state index contributed by atoms with van der Waals surface area (Å²) in [5.41, 5.74) is 13.1. The molecule has 1 unspecified atom stereocenters. The Balaban J connectivity index is 1.39. The van der Waals surface area contributed by atoms with Crippen molar-refractivity contribution < 1.29 is 22.3 Å². The second-order valence-corrected chi connectivity index (χ2v) is 11.8. The molecule has 1 saturated carbocycles. The average Bonchev–Trinajstić information content (AvgIpc) is 3.60. The van der Waals surface area contributed by atoms with Crippen LogP contribution in [0.25, 0.3) is 28.0 Å². The van der Waals surface area contributed by atoms with Crippen molar-refractivity contribution in [2.45, 2.75) is 70.2 Å². The van der Waals surface area contributed by atoms with Crippen LogP contribution in [0.2, 0.25) is 0 Å². The number of alkyl halides is 3. The number of nitrogens with one attached hydrogen (secondary N) is 3. The number of halogens is 4. The molecule has 3 atom stereocenters. The van der Waals surface area contributed by atoms with E-state index < -0.39 is 23.6 Å². The Morgan fingerprint density at radius 1 is 1.22 bits per heavy atom. The second kappa shape index (κ2) is 13.3. The number of aromatic nitrogens is 3. The first-order chi connectivity index (χ1) is 21.4. The summed E-state index contributed by atoms with van der Waals surface area (Å²) in [6.07, 6.45) is 2.27. The number of H-pyrrole nitrogens is 1. The molecule has 0 radical (unpaired) electrons. The van der Waals surface area contributed by atoms with Gasteiger partial charge >= 0.3 is 12.1 Å². The molecule has 0 saturated heterocycles. The number of nitrogens with two attached hydrogens (primary N) is 2. The highest BCUT2D eigenvalue weighted by Crippen LogP contribution is 2.40. The smallest absolute Gasteiger partial charge is 0.403 e. The first kappa shape index (κ1) is 32.0. The predicted octanol–water partition coefficient (Wildman–Crippen LogP) is 5.85. The molecule has 45 heavy (non-hydrogen) atoms. The molecule has 1 fully saturated rings. The zero-order valence-electron chi connectivity index (χ0n) is 24.9. The van der Waals surface area contributed by atoms with E-state index in [0.717, 1.165) is 31.7 Å². The summed E-state index contributed by atoms with van der Waals surface area (Å²) in [6, 6.07) is 11.7. The van der Waals surface area contributed by atoms with Crippen LogP contribution in [-0.4, -0.2) is 39.4 Å². The topological polar surface area (TPSA) is 148 Å². The van der Waals surface area contributed by atoms with Crippen molar-refractivity contribution in [2.24, 2.45) is 17.4 Å². The van der Waals surface area contributed by atoms with E-state index in [-0.39, 0.29) is 28.9 Å². The van der Waals surface area contributed by atoms with Crippen molar-refractivity contribution in [1.29, 1.82) is 5.41 Å². The van der Waals surface area contributed by atoms with Gasteiger partial charge in [-0.05, 0) is 105 Å². The van der Waals surface area contributed by atoms with E-state index in [9.17, 15) is 18.0 Å². The van der Waals surface area contributed by atoms with Gasteiger partial charge in [-0.2, -0.15) is 4.98 Å². The molecule has 0 aliphatic heterocycles. The van der Waals surface area contributed by atoms with Crippen molar-refractivity contribution >= 4 is 17.0 Å². The van der Waals surface area contributed by atoms with Gasteiger partial charge in [0.15, 0.2) is 17.5 Å². The summed E-state index contributed by atoms with van der Waals surface area (Å²) in [7, 11) is 0. The number of benzene rings is 2. The molecule has 240 valence electrons. The van der Waals surface area contributed by atoms with Crippen LogP contribution in [0.3, 0.4) is 0 Å². The highest BCUT2D eigenvalue weighted by atomic mass is 19.4. The van der Waals surface area contributed by atoms with Crippen LogP contribution in [0.15, 0.2) is 53.5 Å². The maximum absolute atomic E-state index is 15.4. The number of aromatic amines is 1. The van der Waals surface area contributed by atoms with Crippen molar-refractivity contribution in [2.75, 3.05) is 6.54 Å². The van der Waals surface area contributed by atoms with E-state index >= 15 is 4.39 Å². The molecule has 0 amide bonds. The Hall–Kier alpha value is -4.39. The normalized spacial score (nSPS) is 17.5. The molecule has 0 spiro atoms. The van der Waals surface area contributed by atoms with E-state index in [4.69, 9.17) is 16.9 Å². The van der Waals surface area contributed by atoms with Gasteiger partial charge in [0.25, 0.3) is 0 Å². The van der Waals surface area contributed by atoms with Crippen LogP contribution in [-0.2, 0) is 6.42 Å². The molecule has 1 aliphatic carbocycles. The Morgan fingerprint density at radius 2 is 1.98 bits per heavy atom.